The summed E-state index contributed by atoms with van der Waals surface area (Å²) in [5.74, 6) is 0.419. The SMILES string of the molecule is CCCCCCCCCCCCCCCCCC(=O)C(Cl)CC(C(=O)CCCCCCCCCCCCCCCCC)[N+](C)(C)C. The summed E-state index contributed by atoms with van der Waals surface area (Å²) in [6, 6.07) is -0.195. The van der Waals surface area contributed by atoms with E-state index in [-0.39, 0.29) is 17.6 Å². The van der Waals surface area contributed by atoms with Gasteiger partial charge in [-0.05, 0) is 12.8 Å². The number of ketones is 2. The van der Waals surface area contributed by atoms with Gasteiger partial charge in [0.2, 0.25) is 0 Å². The van der Waals surface area contributed by atoms with Crippen molar-refractivity contribution in [1.82, 2.24) is 0 Å². The highest BCUT2D eigenvalue weighted by Gasteiger charge is 2.34. The molecule has 3 nitrogen and oxygen atoms in total. The highest BCUT2D eigenvalue weighted by Crippen LogP contribution is 2.21. The van der Waals surface area contributed by atoms with Crippen molar-refractivity contribution in [2.45, 2.75) is 237 Å². The van der Waals surface area contributed by atoms with Gasteiger partial charge in [0.15, 0.2) is 11.6 Å². The Morgan fingerprint density at radius 1 is 0.413 bits per heavy atom. The Morgan fingerprint density at radius 3 is 0.913 bits per heavy atom. The second-order valence-corrected chi connectivity index (χ2v) is 16.2. The number of carbonyl (C=O) groups excluding carboxylic acids is 2. The predicted molar refractivity (Wildman–Crippen MR) is 205 cm³/mol. The van der Waals surface area contributed by atoms with Crippen molar-refractivity contribution < 1.29 is 14.1 Å². The van der Waals surface area contributed by atoms with Crippen LogP contribution in [0, 0.1) is 0 Å². The van der Waals surface area contributed by atoms with E-state index in [0.717, 1.165) is 25.7 Å². The number of hydrogen-bond acceptors (Lipinski definition) is 2. The molecule has 2 unspecified atom stereocenters. The summed E-state index contributed by atoms with van der Waals surface area (Å²) in [6.45, 7) is 4.56. The number of Topliss-reactive ketones (excluding diaryl/α,β-unsaturated/α-hetero) is 2. The fraction of sp³-hybridized carbons (Fsp3) is 0.952. The third-order valence-electron chi connectivity index (χ3n) is 10.1. The van der Waals surface area contributed by atoms with Gasteiger partial charge in [0.1, 0.15) is 6.04 Å². The van der Waals surface area contributed by atoms with Crippen molar-refractivity contribution in [1.29, 1.82) is 0 Å². The van der Waals surface area contributed by atoms with Gasteiger partial charge in [-0.15, -0.1) is 11.6 Å². The molecule has 0 aromatic heterocycles. The Labute approximate surface area is 294 Å². The van der Waals surface area contributed by atoms with Gasteiger partial charge >= 0.3 is 0 Å². The lowest BCUT2D eigenvalue weighted by Crippen LogP contribution is -2.51. The van der Waals surface area contributed by atoms with Crippen molar-refractivity contribution >= 4 is 23.2 Å². The molecular formula is C42H83ClNO2+. The first kappa shape index (κ1) is 45.6. The Kier molecular flexibility index (Phi) is 32.8. The minimum atomic E-state index is -0.543. The van der Waals surface area contributed by atoms with Crippen molar-refractivity contribution in [2.24, 2.45) is 0 Å². The number of halogens is 1. The Morgan fingerprint density at radius 2 is 0.652 bits per heavy atom. The third-order valence-corrected chi connectivity index (χ3v) is 10.6. The molecule has 0 rings (SSSR count). The Hall–Kier alpha value is -0.410. The Bertz CT molecular complexity index is 673. The summed E-state index contributed by atoms with van der Waals surface area (Å²) in [5.41, 5.74) is 0. The van der Waals surface area contributed by atoms with E-state index in [2.05, 4.69) is 35.0 Å². The van der Waals surface area contributed by atoms with Crippen molar-refractivity contribution in [3.05, 3.63) is 0 Å². The first-order chi connectivity index (χ1) is 22.2. The number of hydrogen-bond donors (Lipinski definition) is 0. The van der Waals surface area contributed by atoms with E-state index in [1.807, 2.05) is 0 Å². The van der Waals surface area contributed by atoms with Crippen LogP contribution < -0.4 is 0 Å². The molecule has 0 saturated heterocycles. The molecule has 4 heteroatoms. The fourth-order valence-corrected chi connectivity index (χ4v) is 7.15. The number of unbranched alkanes of at least 4 members (excludes halogenated alkanes) is 28. The van der Waals surface area contributed by atoms with E-state index in [9.17, 15) is 9.59 Å². The van der Waals surface area contributed by atoms with Crippen LogP contribution in [0.1, 0.15) is 226 Å². The molecule has 0 heterocycles. The largest absolute Gasteiger partial charge is 0.322 e. The molecule has 0 radical (unpaired) electrons. The highest BCUT2D eigenvalue weighted by atomic mass is 35.5. The molecule has 0 aromatic rings. The van der Waals surface area contributed by atoms with E-state index < -0.39 is 5.38 Å². The zero-order valence-electron chi connectivity index (χ0n) is 32.1. The van der Waals surface area contributed by atoms with E-state index >= 15 is 0 Å². The van der Waals surface area contributed by atoms with Crippen LogP contribution in [0.2, 0.25) is 0 Å². The van der Waals surface area contributed by atoms with Crippen molar-refractivity contribution in [2.75, 3.05) is 21.1 Å². The molecule has 0 fully saturated rings. The van der Waals surface area contributed by atoms with Gasteiger partial charge in [0.05, 0.1) is 26.5 Å². The smallest absolute Gasteiger partial charge is 0.189 e. The van der Waals surface area contributed by atoms with Gasteiger partial charge in [-0.25, -0.2) is 0 Å². The van der Waals surface area contributed by atoms with Crippen LogP contribution >= 0.6 is 11.6 Å². The summed E-state index contributed by atoms with van der Waals surface area (Å²) in [7, 11) is 6.20. The molecule has 0 aliphatic rings. The van der Waals surface area contributed by atoms with Gasteiger partial charge in [0, 0.05) is 19.3 Å². The van der Waals surface area contributed by atoms with Gasteiger partial charge in [-0.3, -0.25) is 9.59 Å². The quantitative estimate of drug-likeness (QED) is 0.0375. The molecule has 0 bridgehead atoms. The molecule has 274 valence electrons. The minimum absolute atomic E-state index is 0.134. The van der Waals surface area contributed by atoms with Crippen LogP contribution in [0.25, 0.3) is 0 Å². The van der Waals surface area contributed by atoms with Crippen LogP contribution in [-0.4, -0.2) is 48.6 Å². The standard InChI is InChI=1S/C42H83ClNO2/c1-6-8-10-12-14-16-18-20-22-24-26-28-30-32-34-36-41(45)39(43)38-40(44(3,4)5)42(46)37-35-33-31-29-27-25-23-21-19-17-15-13-11-9-7-2/h39-40H,6-38H2,1-5H3/q+1. The second-order valence-electron chi connectivity index (χ2n) is 15.7. The maximum absolute atomic E-state index is 13.2. The maximum Gasteiger partial charge on any atom is 0.189 e. The number of likely N-dealkylation sites (N-methyl/N-ethyl adjacent to an activating group) is 1. The summed E-state index contributed by atoms with van der Waals surface area (Å²) in [5, 5.41) is -0.543. The molecule has 0 saturated carbocycles. The summed E-state index contributed by atoms with van der Waals surface area (Å²) < 4.78 is 0.549. The molecule has 46 heavy (non-hydrogen) atoms. The summed E-state index contributed by atoms with van der Waals surface area (Å²) in [4.78, 5) is 26.0. The molecule has 0 aromatic carbocycles. The molecule has 0 aliphatic heterocycles. The minimum Gasteiger partial charge on any atom is -0.322 e. The van der Waals surface area contributed by atoms with E-state index in [1.165, 1.54) is 167 Å². The van der Waals surface area contributed by atoms with Crippen LogP contribution in [0.3, 0.4) is 0 Å². The topological polar surface area (TPSA) is 34.1 Å². The number of alkyl halides is 1. The highest BCUT2D eigenvalue weighted by molar-refractivity contribution is 6.31. The third kappa shape index (κ3) is 29.7. The first-order valence-electron chi connectivity index (χ1n) is 20.7. The molecular weight excluding hydrogens is 586 g/mol. The average molecular weight is 670 g/mol. The van der Waals surface area contributed by atoms with Crippen LogP contribution in [0.5, 0.6) is 0 Å². The predicted octanol–water partition coefficient (Wildman–Crippen LogP) is 13.7. The van der Waals surface area contributed by atoms with E-state index in [1.54, 1.807) is 0 Å². The van der Waals surface area contributed by atoms with Crippen molar-refractivity contribution in [3.63, 3.8) is 0 Å². The molecule has 0 N–H and O–H groups in total. The average Bonchev–Trinajstić information content (AvgIpc) is 3.02. The zero-order valence-corrected chi connectivity index (χ0v) is 32.9. The maximum atomic E-state index is 13.2. The second kappa shape index (κ2) is 33.1. The summed E-state index contributed by atoms with van der Waals surface area (Å²) >= 11 is 6.63. The van der Waals surface area contributed by atoms with Gasteiger partial charge < -0.3 is 4.48 Å². The van der Waals surface area contributed by atoms with E-state index in [0.29, 0.717) is 23.7 Å². The summed E-state index contributed by atoms with van der Waals surface area (Å²) in [6.07, 6.45) is 41.5. The number of rotatable bonds is 37. The number of quaternary nitrogens is 1. The fourth-order valence-electron chi connectivity index (χ4n) is 6.87. The van der Waals surface area contributed by atoms with Gasteiger partial charge in [-0.2, -0.15) is 0 Å². The lowest BCUT2D eigenvalue weighted by molar-refractivity contribution is -0.886. The normalized spacial score (nSPS) is 13.3. The molecule has 0 spiro atoms. The monoisotopic (exact) mass is 669 g/mol. The molecule has 0 amide bonds. The molecule has 2 atom stereocenters. The first-order valence-corrected chi connectivity index (χ1v) is 21.2. The molecule has 0 aliphatic carbocycles. The van der Waals surface area contributed by atoms with Gasteiger partial charge in [0.25, 0.3) is 0 Å². The lowest BCUT2D eigenvalue weighted by Gasteiger charge is -2.34. The van der Waals surface area contributed by atoms with Crippen molar-refractivity contribution in [3.8, 4) is 0 Å². The van der Waals surface area contributed by atoms with Gasteiger partial charge in [-0.1, -0.05) is 194 Å². The Balaban J connectivity index is 3.88. The lowest BCUT2D eigenvalue weighted by atomic mass is 9.96. The zero-order chi connectivity index (χ0) is 34.1. The number of nitrogens with zero attached hydrogens (tertiary/aromatic N) is 1. The van der Waals surface area contributed by atoms with Crippen LogP contribution in [0.4, 0.5) is 0 Å². The van der Waals surface area contributed by atoms with Crippen LogP contribution in [0.15, 0.2) is 0 Å². The van der Waals surface area contributed by atoms with Crippen LogP contribution in [-0.2, 0) is 9.59 Å². The number of carbonyl (C=O) groups is 2. The van der Waals surface area contributed by atoms with E-state index in [4.69, 9.17) is 11.6 Å².